The van der Waals surface area contributed by atoms with Crippen molar-refractivity contribution in [2.24, 2.45) is 11.8 Å². The lowest BCUT2D eigenvalue weighted by molar-refractivity contribution is -0.123. The molecule has 2 aromatic rings. The molecule has 0 spiro atoms. The number of hydrogen-bond donors (Lipinski definition) is 1. The lowest BCUT2D eigenvalue weighted by Gasteiger charge is -2.33. The van der Waals surface area contributed by atoms with Gasteiger partial charge in [-0.15, -0.1) is 11.3 Å². The average molecular weight is 515 g/mol. The van der Waals surface area contributed by atoms with Crippen LogP contribution in [-0.2, 0) is 14.3 Å². The molecule has 1 aliphatic carbocycles. The SMILES string of the molecule is COC(=O)c1sc(-c2ccc(NC(=O)OC(C)(C)C)cc2)cc1N(C(=O)C1CCC(C)CC1)C(C)C. The zero-order valence-electron chi connectivity index (χ0n) is 22.3. The van der Waals surface area contributed by atoms with Crippen molar-refractivity contribution in [3.05, 3.63) is 35.2 Å². The molecule has 1 aromatic heterocycles. The molecule has 1 heterocycles. The fourth-order valence-electron chi connectivity index (χ4n) is 4.44. The quantitative estimate of drug-likeness (QED) is 0.415. The Bertz CT molecular complexity index is 1080. The summed E-state index contributed by atoms with van der Waals surface area (Å²) in [5, 5.41) is 2.72. The number of carbonyl (C=O) groups is 3. The minimum absolute atomic E-state index is 0.0318. The molecule has 1 N–H and O–H groups in total. The summed E-state index contributed by atoms with van der Waals surface area (Å²) in [5.41, 5.74) is 1.48. The average Bonchev–Trinajstić information content (AvgIpc) is 3.22. The number of carbonyl (C=O) groups excluding carboxylic acids is 3. The molecule has 1 saturated carbocycles. The highest BCUT2D eigenvalue weighted by Crippen LogP contribution is 2.40. The molecule has 1 aromatic carbocycles. The van der Waals surface area contributed by atoms with Crippen LogP contribution in [-0.4, -0.2) is 36.7 Å². The lowest BCUT2D eigenvalue weighted by atomic mass is 9.82. The zero-order chi connectivity index (χ0) is 26.6. The Balaban J connectivity index is 1.89. The number of thiophene rings is 1. The van der Waals surface area contributed by atoms with E-state index in [1.54, 1.807) is 17.0 Å². The summed E-state index contributed by atoms with van der Waals surface area (Å²) in [5.74, 6) is 0.229. The number of methoxy groups -OCH3 is 1. The second kappa shape index (κ2) is 11.5. The maximum Gasteiger partial charge on any atom is 0.412 e. The molecule has 3 rings (SSSR count). The van der Waals surface area contributed by atoms with Gasteiger partial charge in [-0.3, -0.25) is 10.1 Å². The van der Waals surface area contributed by atoms with Crippen LogP contribution >= 0.6 is 11.3 Å². The van der Waals surface area contributed by atoms with Crippen LogP contribution in [0.2, 0.25) is 0 Å². The van der Waals surface area contributed by atoms with Gasteiger partial charge in [0.15, 0.2) is 0 Å². The van der Waals surface area contributed by atoms with Crippen LogP contribution < -0.4 is 10.2 Å². The van der Waals surface area contributed by atoms with Gasteiger partial charge in [-0.1, -0.05) is 19.1 Å². The number of hydrogen-bond acceptors (Lipinski definition) is 6. The predicted molar refractivity (Wildman–Crippen MR) is 145 cm³/mol. The summed E-state index contributed by atoms with van der Waals surface area (Å²) in [6.07, 6.45) is 3.32. The van der Waals surface area contributed by atoms with Crippen molar-refractivity contribution in [3.63, 3.8) is 0 Å². The Hall–Kier alpha value is -2.87. The van der Waals surface area contributed by atoms with E-state index in [0.717, 1.165) is 36.1 Å². The molecule has 0 radical (unpaired) electrons. The summed E-state index contributed by atoms with van der Waals surface area (Å²) in [6, 6.07) is 9.09. The molecule has 1 aliphatic rings. The van der Waals surface area contributed by atoms with Crippen LogP contribution in [0.15, 0.2) is 30.3 Å². The van der Waals surface area contributed by atoms with Crippen molar-refractivity contribution >= 4 is 40.7 Å². The van der Waals surface area contributed by atoms with Gasteiger partial charge in [-0.2, -0.15) is 0 Å². The molecule has 0 bridgehead atoms. The van der Waals surface area contributed by atoms with E-state index in [-0.39, 0.29) is 17.9 Å². The number of benzene rings is 1. The normalized spacial score (nSPS) is 18.0. The second-order valence-electron chi connectivity index (χ2n) is 10.8. The van der Waals surface area contributed by atoms with Gasteiger partial charge in [0.05, 0.1) is 12.8 Å². The van der Waals surface area contributed by atoms with Gasteiger partial charge in [0, 0.05) is 22.5 Å². The van der Waals surface area contributed by atoms with E-state index < -0.39 is 17.7 Å². The molecule has 2 amide bonds. The summed E-state index contributed by atoms with van der Waals surface area (Å²) in [6.45, 7) is 11.6. The zero-order valence-corrected chi connectivity index (χ0v) is 23.2. The van der Waals surface area contributed by atoms with E-state index in [9.17, 15) is 14.4 Å². The van der Waals surface area contributed by atoms with Crippen molar-refractivity contribution in [2.45, 2.75) is 78.9 Å². The summed E-state index contributed by atoms with van der Waals surface area (Å²) >= 11 is 1.30. The van der Waals surface area contributed by atoms with Crippen LogP contribution in [0.5, 0.6) is 0 Å². The Morgan fingerprint density at radius 2 is 1.67 bits per heavy atom. The van der Waals surface area contributed by atoms with E-state index in [2.05, 4.69) is 12.2 Å². The lowest BCUT2D eigenvalue weighted by Crippen LogP contribution is -2.42. The van der Waals surface area contributed by atoms with Gasteiger partial charge in [0.25, 0.3) is 0 Å². The molecular weight excluding hydrogens is 476 g/mol. The number of ether oxygens (including phenoxy) is 2. The number of esters is 1. The molecule has 1 fully saturated rings. The molecular formula is C28H38N2O5S. The van der Waals surface area contributed by atoms with E-state index in [1.807, 2.05) is 52.8 Å². The molecule has 0 saturated heterocycles. The fourth-order valence-corrected chi connectivity index (χ4v) is 5.51. The molecule has 8 heteroatoms. The number of rotatable bonds is 6. The predicted octanol–water partition coefficient (Wildman–Crippen LogP) is 7.12. The number of amides is 2. The third-order valence-corrected chi connectivity index (χ3v) is 7.43. The van der Waals surface area contributed by atoms with Crippen molar-refractivity contribution in [1.82, 2.24) is 0 Å². The standard InChI is InChI=1S/C28H38N2O5S/c1-17(2)30(25(31)20-10-8-18(3)9-11-20)22-16-23(36-24(22)26(32)34-7)19-12-14-21(15-13-19)29-27(33)35-28(4,5)6/h12-18,20H,8-11H2,1-7H3,(H,29,33). The summed E-state index contributed by atoms with van der Waals surface area (Å²) in [4.78, 5) is 41.4. The third kappa shape index (κ3) is 6.87. The second-order valence-corrected chi connectivity index (χ2v) is 11.8. The first-order chi connectivity index (χ1) is 16.9. The largest absolute Gasteiger partial charge is 0.465 e. The highest BCUT2D eigenvalue weighted by Gasteiger charge is 2.33. The Kier molecular flexibility index (Phi) is 8.82. The van der Waals surface area contributed by atoms with E-state index in [0.29, 0.717) is 22.2 Å². The van der Waals surface area contributed by atoms with Gasteiger partial charge in [0.1, 0.15) is 10.5 Å². The van der Waals surface area contributed by atoms with Gasteiger partial charge in [-0.05, 0) is 90.0 Å². The van der Waals surface area contributed by atoms with Crippen LogP contribution in [0.3, 0.4) is 0 Å². The molecule has 7 nitrogen and oxygen atoms in total. The van der Waals surface area contributed by atoms with Crippen LogP contribution in [0, 0.1) is 11.8 Å². The molecule has 0 unspecified atom stereocenters. The minimum Gasteiger partial charge on any atom is -0.465 e. The molecule has 36 heavy (non-hydrogen) atoms. The first-order valence-electron chi connectivity index (χ1n) is 12.5. The first-order valence-corrected chi connectivity index (χ1v) is 13.4. The highest BCUT2D eigenvalue weighted by molar-refractivity contribution is 7.18. The number of anilines is 2. The van der Waals surface area contributed by atoms with Crippen molar-refractivity contribution in [3.8, 4) is 10.4 Å². The van der Waals surface area contributed by atoms with E-state index in [1.165, 1.54) is 18.4 Å². The Morgan fingerprint density at radius 1 is 1.06 bits per heavy atom. The molecule has 0 atom stereocenters. The van der Waals surface area contributed by atoms with Crippen molar-refractivity contribution < 1.29 is 23.9 Å². The van der Waals surface area contributed by atoms with Gasteiger partial charge >= 0.3 is 12.1 Å². The van der Waals surface area contributed by atoms with Crippen LogP contribution in [0.25, 0.3) is 10.4 Å². The van der Waals surface area contributed by atoms with Gasteiger partial charge in [-0.25, -0.2) is 9.59 Å². The van der Waals surface area contributed by atoms with Gasteiger partial charge in [0.2, 0.25) is 5.91 Å². The van der Waals surface area contributed by atoms with Gasteiger partial charge < -0.3 is 14.4 Å². The smallest absolute Gasteiger partial charge is 0.412 e. The number of nitrogens with zero attached hydrogens (tertiary/aromatic N) is 1. The third-order valence-electron chi connectivity index (χ3n) is 6.28. The van der Waals surface area contributed by atoms with Crippen molar-refractivity contribution in [2.75, 3.05) is 17.3 Å². The molecule has 196 valence electrons. The monoisotopic (exact) mass is 514 g/mol. The fraction of sp³-hybridized carbons (Fsp3) is 0.536. The van der Waals surface area contributed by atoms with Crippen LogP contribution in [0.4, 0.5) is 16.2 Å². The maximum atomic E-state index is 13.6. The topological polar surface area (TPSA) is 84.9 Å². The number of nitrogens with one attached hydrogen (secondary N) is 1. The Morgan fingerprint density at radius 3 is 2.19 bits per heavy atom. The maximum absolute atomic E-state index is 13.6. The van der Waals surface area contributed by atoms with Crippen molar-refractivity contribution in [1.29, 1.82) is 0 Å². The molecule has 0 aliphatic heterocycles. The van der Waals surface area contributed by atoms with E-state index in [4.69, 9.17) is 9.47 Å². The van der Waals surface area contributed by atoms with Crippen LogP contribution in [0.1, 0.15) is 76.9 Å². The first kappa shape index (κ1) is 27.7. The van der Waals surface area contributed by atoms with E-state index >= 15 is 0 Å². The summed E-state index contributed by atoms with van der Waals surface area (Å²) < 4.78 is 10.4. The summed E-state index contributed by atoms with van der Waals surface area (Å²) in [7, 11) is 1.35. The Labute approximate surface area is 218 Å². The minimum atomic E-state index is -0.586. The highest BCUT2D eigenvalue weighted by atomic mass is 32.1.